The molecule has 2 aromatic rings. The quantitative estimate of drug-likeness (QED) is 0.907. The maximum atomic E-state index is 6.10. The molecule has 3 heteroatoms. The second kappa shape index (κ2) is 6.24. The van der Waals surface area contributed by atoms with Crippen molar-refractivity contribution in [2.75, 3.05) is 6.54 Å². The molecule has 0 saturated carbocycles. The van der Waals surface area contributed by atoms with Gasteiger partial charge in [-0.25, -0.2) is 0 Å². The van der Waals surface area contributed by atoms with Crippen molar-refractivity contribution >= 4 is 0 Å². The van der Waals surface area contributed by atoms with Gasteiger partial charge in [-0.1, -0.05) is 49.4 Å². The van der Waals surface area contributed by atoms with E-state index in [9.17, 15) is 0 Å². The zero-order valence-corrected chi connectivity index (χ0v) is 13.0. The number of fused-ring (bicyclic) bond motifs is 1. The lowest BCUT2D eigenvalue weighted by Gasteiger charge is -2.34. The SMILES string of the molecule is CCNC(C)(Cc1ccccc1)C1=COc2ccccc2O1. The van der Waals surface area contributed by atoms with Crippen LogP contribution in [0.15, 0.2) is 66.6 Å². The van der Waals surface area contributed by atoms with Crippen LogP contribution in [-0.4, -0.2) is 12.1 Å². The molecule has 1 unspecified atom stereocenters. The molecular formula is C19H21NO2. The van der Waals surface area contributed by atoms with Crippen LogP contribution < -0.4 is 14.8 Å². The van der Waals surface area contributed by atoms with Gasteiger partial charge >= 0.3 is 0 Å². The molecule has 1 aliphatic heterocycles. The van der Waals surface area contributed by atoms with Crippen LogP contribution in [0.4, 0.5) is 0 Å². The van der Waals surface area contributed by atoms with E-state index in [-0.39, 0.29) is 5.54 Å². The highest BCUT2D eigenvalue weighted by molar-refractivity contribution is 5.44. The van der Waals surface area contributed by atoms with Gasteiger partial charge in [0.15, 0.2) is 17.3 Å². The smallest absolute Gasteiger partial charge is 0.169 e. The van der Waals surface area contributed by atoms with Crippen molar-refractivity contribution in [3.8, 4) is 11.5 Å². The van der Waals surface area contributed by atoms with E-state index in [2.05, 4.69) is 43.4 Å². The summed E-state index contributed by atoms with van der Waals surface area (Å²) in [5.41, 5.74) is 0.943. The molecule has 0 amide bonds. The minimum atomic E-state index is -0.316. The normalized spacial score (nSPS) is 15.8. The number of para-hydroxylation sites is 2. The Labute approximate surface area is 131 Å². The van der Waals surface area contributed by atoms with Crippen LogP contribution in [0.3, 0.4) is 0 Å². The number of rotatable bonds is 5. The molecular weight excluding hydrogens is 274 g/mol. The van der Waals surface area contributed by atoms with Gasteiger partial charge in [-0.2, -0.15) is 0 Å². The molecule has 0 saturated heterocycles. The molecule has 0 aromatic heterocycles. The fourth-order valence-corrected chi connectivity index (χ4v) is 2.77. The molecule has 0 bridgehead atoms. The Balaban J connectivity index is 1.86. The van der Waals surface area contributed by atoms with Gasteiger partial charge in [0, 0.05) is 0 Å². The summed E-state index contributed by atoms with van der Waals surface area (Å²) in [4.78, 5) is 0. The minimum Gasteiger partial charge on any atom is -0.457 e. The van der Waals surface area contributed by atoms with Crippen LogP contribution in [0.25, 0.3) is 0 Å². The Bertz CT molecular complexity index is 666. The van der Waals surface area contributed by atoms with Gasteiger partial charge in [-0.15, -0.1) is 0 Å². The Morgan fingerprint density at radius 1 is 0.955 bits per heavy atom. The Morgan fingerprint density at radius 2 is 1.64 bits per heavy atom. The number of hydrogen-bond acceptors (Lipinski definition) is 3. The standard InChI is InChI=1S/C19H21NO2/c1-3-20-19(2,13-15-9-5-4-6-10-15)18-14-21-16-11-7-8-12-17(16)22-18/h4-12,14,20H,3,13H2,1-2H3. The van der Waals surface area contributed by atoms with E-state index in [1.165, 1.54) is 5.56 Å². The number of hydrogen-bond donors (Lipinski definition) is 1. The summed E-state index contributed by atoms with van der Waals surface area (Å²) in [6.07, 6.45) is 2.55. The summed E-state index contributed by atoms with van der Waals surface area (Å²) in [5, 5.41) is 3.53. The number of ether oxygens (including phenoxy) is 2. The van der Waals surface area contributed by atoms with Crippen LogP contribution >= 0.6 is 0 Å². The maximum absolute atomic E-state index is 6.10. The van der Waals surface area contributed by atoms with Gasteiger partial charge in [0.2, 0.25) is 0 Å². The monoisotopic (exact) mass is 295 g/mol. The summed E-state index contributed by atoms with van der Waals surface area (Å²) in [7, 11) is 0. The first-order chi connectivity index (χ1) is 10.7. The van der Waals surface area contributed by atoms with E-state index < -0.39 is 0 Å². The predicted octanol–water partition coefficient (Wildman–Crippen LogP) is 3.91. The molecule has 1 N–H and O–H groups in total. The van der Waals surface area contributed by atoms with Gasteiger partial charge in [-0.05, 0) is 37.6 Å². The topological polar surface area (TPSA) is 30.5 Å². The lowest BCUT2D eigenvalue weighted by Crippen LogP contribution is -2.48. The van der Waals surface area contributed by atoms with Crippen LogP contribution in [-0.2, 0) is 6.42 Å². The zero-order chi connectivity index (χ0) is 15.4. The van der Waals surface area contributed by atoms with Gasteiger partial charge < -0.3 is 14.8 Å². The van der Waals surface area contributed by atoms with Crippen molar-refractivity contribution < 1.29 is 9.47 Å². The molecule has 0 aliphatic carbocycles. The highest BCUT2D eigenvalue weighted by Crippen LogP contribution is 2.35. The lowest BCUT2D eigenvalue weighted by atomic mass is 9.90. The number of likely N-dealkylation sites (N-methyl/N-ethyl adjacent to an activating group) is 1. The van der Waals surface area contributed by atoms with Crippen LogP contribution in [0.2, 0.25) is 0 Å². The minimum absolute atomic E-state index is 0.316. The van der Waals surface area contributed by atoms with Crippen LogP contribution in [0, 0.1) is 0 Å². The third-order valence-electron chi connectivity index (χ3n) is 3.87. The van der Waals surface area contributed by atoms with E-state index >= 15 is 0 Å². The molecule has 3 nitrogen and oxygen atoms in total. The molecule has 1 heterocycles. The van der Waals surface area contributed by atoms with E-state index in [1.54, 1.807) is 6.26 Å². The van der Waals surface area contributed by atoms with Crippen molar-refractivity contribution in [1.82, 2.24) is 5.32 Å². The second-order valence-corrected chi connectivity index (χ2v) is 5.67. The highest BCUT2D eigenvalue weighted by Gasteiger charge is 2.33. The molecule has 2 aromatic carbocycles. The van der Waals surface area contributed by atoms with Gasteiger partial charge in [-0.3, -0.25) is 0 Å². The predicted molar refractivity (Wildman–Crippen MR) is 88.0 cm³/mol. The van der Waals surface area contributed by atoms with Gasteiger partial charge in [0.25, 0.3) is 0 Å². The fraction of sp³-hybridized carbons (Fsp3) is 0.263. The Kier molecular flexibility index (Phi) is 4.16. The Hall–Kier alpha value is -2.26. The van der Waals surface area contributed by atoms with Crippen molar-refractivity contribution in [2.24, 2.45) is 0 Å². The summed E-state index contributed by atoms with van der Waals surface area (Å²) in [6.45, 7) is 5.10. The lowest BCUT2D eigenvalue weighted by molar-refractivity contribution is 0.236. The van der Waals surface area contributed by atoms with E-state index in [4.69, 9.17) is 9.47 Å². The average Bonchev–Trinajstić information content (AvgIpc) is 2.55. The third kappa shape index (κ3) is 3.00. The van der Waals surface area contributed by atoms with Crippen molar-refractivity contribution in [3.05, 3.63) is 72.2 Å². The summed E-state index contributed by atoms with van der Waals surface area (Å²) >= 11 is 0. The van der Waals surface area contributed by atoms with Crippen molar-refractivity contribution in [3.63, 3.8) is 0 Å². The second-order valence-electron chi connectivity index (χ2n) is 5.67. The van der Waals surface area contributed by atoms with Crippen LogP contribution in [0.1, 0.15) is 19.4 Å². The third-order valence-corrected chi connectivity index (χ3v) is 3.87. The largest absolute Gasteiger partial charge is 0.457 e. The van der Waals surface area contributed by atoms with Gasteiger partial charge in [0.1, 0.15) is 6.26 Å². The molecule has 3 rings (SSSR count). The molecule has 0 spiro atoms. The fourth-order valence-electron chi connectivity index (χ4n) is 2.77. The molecule has 114 valence electrons. The van der Waals surface area contributed by atoms with E-state index in [1.807, 2.05) is 30.3 Å². The molecule has 22 heavy (non-hydrogen) atoms. The first-order valence-corrected chi connectivity index (χ1v) is 7.64. The van der Waals surface area contributed by atoms with Gasteiger partial charge in [0.05, 0.1) is 5.54 Å². The average molecular weight is 295 g/mol. The molecule has 0 fully saturated rings. The molecule has 1 aliphatic rings. The molecule has 1 atom stereocenters. The van der Waals surface area contributed by atoms with Crippen molar-refractivity contribution in [2.45, 2.75) is 25.8 Å². The van der Waals surface area contributed by atoms with Crippen molar-refractivity contribution in [1.29, 1.82) is 0 Å². The zero-order valence-electron chi connectivity index (χ0n) is 13.0. The first kappa shape index (κ1) is 14.7. The first-order valence-electron chi connectivity index (χ1n) is 7.64. The molecule has 0 radical (unpaired) electrons. The maximum Gasteiger partial charge on any atom is 0.169 e. The highest BCUT2D eigenvalue weighted by atomic mass is 16.6. The Morgan fingerprint density at radius 3 is 2.36 bits per heavy atom. The summed E-state index contributed by atoms with van der Waals surface area (Å²) in [6, 6.07) is 18.1. The summed E-state index contributed by atoms with van der Waals surface area (Å²) in [5.74, 6) is 2.32. The van der Waals surface area contributed by atoms with E-state index in [0.29, 0.717) is 0 Å². The van der Waals surface area contributed by atoms with E-state index in [0.717, 1.165) is 30.2 Å². The summed E-state index contributed by atoms with van der Waals surface area (Å²) < 4.78 is 11.8. The number of nitrogens with one attached hydrogen (secondary N) is 1. The number of benzene rings is 2. The van der Waals surface area contributed by atoms with Crippen LogP contribution in [0.5, 0.6) is 11.5 Å².